The molecule has 0 bridgehead atoms. The van der Waals surface area contributed by atoms with Crippen LogP contribution in [0.1, 0.15) is 13.3 Å². The highest BCUT2D eigenvalue weighted by Crippen LogP contribution is 2.28. The Labute approximate surface area is 84.9 Å². The third kappa shape index (κ3) is 2.14. The molecule has 1 aliphatic carbocycles. The van der Waals surface area contributed by atoms with E-state index in [9.17, 15) is 4.91 Å². The summed E-state index contributed by atoms with van der Waals surface area (Å²) >= 11 is 3.25. The summed E-state index contributed by atoms with van der Waals surface area (Å²) in [6.45, 7) is 1.76. The van der Waals surface area contributed by atoms with E-state index in [0.29, 0.717) is 16.6 Å². The highest BCUT2D eigenvalue weighted by atomic mass is 79.9. The maximum absolute atomic E-state index is 10.5. The van der Waals surface area contributed by atoms with Crippen LogP contribution < -0.4 is 0 Å². The minimum absolute atomic E-state index is 0.0323. The van der Waals surface area contributed by atoms with E-state index in [1.165, 1.54) is 0 Å². The van der Waals surface area contributed by atoms with E-state index < -0.39 is 0 Å². The minimum Gasteiger partial charge on any atom is -0.392 e. The SMILES string of the molecule is CC1=C(CO)CC=CC(Br)=C1N=O. The van der Waals surface area contributed by atoms with Crippen LogP contribution in [0.5, 0.6) is 0 Å². The fraction of sp³-hybridized carbons (Fsp3) is 0.333. The van der Waals surface area contributed by atoms with Gasteiger partial charge in [-0.05, 0) is 51.7 Å². The van der Waals surface area contributed by atoms with Gasteiger partial charge in [0.15, 0.2) is 0 Å². The molecule has 3 nitrogen and oxygen atoms in total. The van der Waals surface area contributed by atoms with Gasteiger partial charge in [0.2, 0.25) is 0 Å². The zero-order chi connectivity index (χ0) is 9.84. The molecule has 0 aliphatic heterocycles. The summed E-state index contributed by atoms with van der Waals surface area (Å²) in [4.78, 5) is 10.5. The van der Waals surface area contributed by atoms with E-state index in [2.05, 4.69) is 21.1 Å². The lowest BCUT2D eigenvalue weighted by Gasteiger charge is -2.04. The predicted molar refractivity (Wildman–Crippen MR) is 55.3 cm³/mol. The number of allylic oxidation sites excluding steroid dienone is 4. The summed E-state index contributed by atoms with van der Waals surface area (Å²) in [5.74, 6) is 0. The van der Waals surface area contributed by atoms with E-state index in [4.69, 9.17) is 5.11 Å². The van der Waals surface area contributed by atoms with Crippen molar-refractivity contribution in [3.05, 3.63) is 38.4 Å². The first-order valence-corrected chi connectivity index (χ1v) is 4.69. The summed E-state index contributed by atoms with van der Waals surface area (Å²) in [5, 5.41) is 11.9. The van der Waals surface area contributed by atoms with Gasteiger partial charge in [-0.2, -0.15) is 0 Å². The lowest BCUT2D eigenvalue weighted by atomic mass is 10.1. The summed E-state index contributed by atoms with van der Waals surface area (Å²) in [6.07, 6.45) is 4.33. The lowest BCUT2D eigenvalue weighted by Crippen LogP contribution is -1.94. The molecule has 0 aromatic rings. The Morgan fingerprint density at radius 3 is 2.92 bits per heavy atom. The highest BCUT2D eigenvalue weighted by Gasteiger charge is 2.12. The van der Waals surface area contributed by atoms with Crippen molar-refractivity contribution in [1.29, 1.82) is 0 Å². The van der Waals surface area contributed by atoms with E-state index in [1.807, 2.05) is 6.08 Å². The molecule has 0 aromatic carbocycles. The average molecular weight is 244 g/mol. The van der Waals surface area contributed by atoms with Crippen molar-refractivity contribution in [2.24, 2.45) is 5.18 Å². The zero-order valence-corrected chi connectivity index (χ0v) is 8.84. The van der Waals surface area contributed by atoms with Gasteiger partial charge >= 0.3 is 0 Å². The van der Waals surface area contributed by atoms with Crippen LogP contribution in [0, 0.1) is 4.91 Å². The molecular weight excluding hydrogens is 234 g/mol. The number of aliphatic hydroxyl groups is 1. The molecular formula is C9H10BrNO2. The predicted octanol–water partition coefficient (Wildman–Crippen LogP) is 2.63. The van der Waals surface area contributed by atoms with E-state index in [-0.39, 0.29) is 6.61 Å². The first-order valence-electron chi connectivity index (χ1n) is 3.90. The molecule has 0 radical (unpaired) electrons. The van der Waals surface area contributed by atoms with Crippen LogP contribution in [-0.2, 0) is 0 Å². The Morgan fingerprint density at radius 2 is 2.38 bits per heavy atom. The molecule has 13 heavy (non-hydrogen) atoms. The molecule has 0 fully saturated rings. The van der Waals surface area contributed by atoms with Crippen LogP contribution in [0.4, 0.5) is 0 Å². The van der Waals surface area contributed by atoms with Crippen molar-refractivity contribution in [2.75, 3.05) is 6.61 Å². The molecule has 1 aliphatic rings. The van der Waals surface area contributed by atoms with Gasteiger partial charge in [-0.15, -0.1) is 4.91 Å². The minimum atomic E-state index is -0.0323. The summed E-state index contributed by atoms with van der Waals surface area (Å²) in [6, 6.07) is 0. The fourth-order valence-corrected chi connectivity index (χ4v) is 1.74. The molecule has 1 rings (SSSR count). The highest BCUT2D eigenvalue weighted by molar-refractivity contribution is 9.11. The second-order valence-corrected chi connectivity index (χ2v) is 3.64. The van der Waals surface area contributed by atoms with Crippen molar-refractivity contribution < 1.29 is 5.11 Å². The fourth-order valence-electron chi connectivity index (χ4n) is 1.18. The Bertz CT molecular complexity index is 316. The van der Waals surface area contributed by atoms with Gasteiger partial charge in [0.05, 0.1) is 6.61 Å². The second-order valence-electron chi connectivity index (χ2n) is 2.78. The van der Waals surface area contributed by atoms with Gasteiger partial charge in [0.25, 0.3) is 0 Å². The average Bonchev–Trinajstić information content (AvgIpc) is 2.25. The Balaban J connectivity index is 3.22. The first-order chi connectivity index (χ1) is 6.20. The zero-order valence-electron chi connectivity index (χ0n) is 7.25. The molecule has 0 aromatic heterocycles. The normalized spacial score (nSPS) is 17.8. The van der Waals surface area contributed by atoms with Crippen LogP contribution in [0.2, 0.25) is 0 Å². The number of hydrogen-bond acceptors (Lipinski definition) is 3. The van der Waals surface area contributed by atoms with Crippen molar-refractivity contribution in [1.82, 2.24) is 0 Å². The van der Waals surface area contributed by atoms with Crippen LogP contribution in [0.15, 0.2) is 38.7 Å². The van der Waals surface area contributed by atoms with Crippen molar-refractivity contribution in [2.45, 2.75) is 13.3 Å². The van der Waals surface area contributed by atoms with Gasteiger partial charge in [0.1, 0.15) is 5.70 Å². The second kappa shape index (κ2) is 4.48. The van der Waals surface area contributed by atoms with Crippen molar-refractivity contribution >= 4 is 15.9 Å². The van der Waals surface area contributed by atoms with E-state index in [1.54, 1.807) is 13.0 Å². The third-order valence-corrected chi connectivity index (χ3v) is 2.66. The standard InChI is InChI=1S/C9H10BrNO2/c1-6-7(5-12)3-2-4-8(10)9(6)11-13/h2,4,12H,3,5H2,1H3. The van der Waals surface area contributed by atoms with E-state index >= 15 is 0 Å². The van der Waals surface area contributed by atoms with Crippen LogP contribution >= 0.6 is 15.9 Å². The largest absolute Gasteiger partial charge is 0.392 e. The molecule has 0 saturated carbocycles. The number of aliphatic hydroxyl groups excluding tert-OH is 1. The van der Waals surface area contributed by atoms with Gasteiger partial charge < -0.3 is 5.11 Å². The van der Waals surface area contributed by atoms with Gasteiger partial charge in [0, 0.05) is 4.48 Å². The molecule has 0 heterocycles. The van der Waals surface area contributed by atoms with Crippen molar-refractivity contribution in [3.8, 4) is 0 Å². The van der Waals surface area contributed by atoms with Gasteiger partial charge in [-0.1, -0.05) is 6.08 Å². The molecule has 0 spiro atoms. The van der Waals surface area contributed by atoms with Gasteiger partial charge in [-0.3, -0.25) is 0 Å². The van der Waals surface area contributed by atoms with Crippen LogP contribution in [0.25, 0.3) is 0 Å². The number of rotatable bonds is 2. The van der Waals surface area contributed by atoms with E-state index in [0.717, 1.165) is 11.1 Å². The smallest absolute Gasteiger partial charge is 0.125 e. The third-order valence-electron chi connectivity index (χ3n) is 2.02. The quantitative estimate of drug-likeness (QED) is 0.759. The Kier molecular flexibility index (Phi) is 3.57. The molecule has 0 atom stereocenters. The number of nitrogens with zero attached hydrogens (tertiary/aromatic N) is 1. The number of hydrogen-bond donors (Lipinski definition) is 1. The Hall–Kier alpha value is -0.740. The summed E-state index contributed by atoms with van der Waals surface area (Å²) < 4.78 is 0.670. The molecule has 0 saturated heterocycles. The summed E-state index contributed by atoms with van der Waals surface area (Å²) in [7, 11) is 0. The number of nitroso groups, excluding NO2 is 1. The first kappa shape index (κ1) is 10.3. The summed E-state index contributed by atoms with van der Waals surface area (Å²) in [5.41, 5.74) is 1.97. The topological polar surface area (TPSA) is 49.7 Å². The van der Waals surface area contributed by atoms with Gasteiger partial charge in [-0.25, -0.2) is 0 Å². The van der Waals surface area contributed by atoms with Crippen molar-refractivity contribution in [3.63, 3.8) is 0 Å². The maximum Gasteiger partial charge on any atom is 0.125 e. The monoisotopic (exact) mass is 243 g/mol. The maximum atomic E-state index is 10.5. The van der Waals surface area contributed by atoms with Crippen LogP contribution in [-0.4, -0.2) is 11.7 Å². The molecule has 1 N–H and O–H groups in total. The lowest BCUT2D eigenvalue weighted by molar-refractivity contribution is 0.328. The van der Waals surface area contributed by atoms with Crippen LogP contribution in [0.3, 0.4) is 0 Å². The number of halogens is 1. The molecule has 70 valence electrons. The molecule has 0 amide bonds. The molecule has 4 heteroatoms. The molecule has 0 unspecified atom stereocenters. The Morgan fingerprint density at radius 1 is 1.69 bits per heavy atom.